The maximum absolute atomic E-state index is 12.0. The SMILES string of the molecule is COc1ccc(-n2c(C(N)=O)nnc2-c2cc(CCc3ccc(C(=O)O)cc3)c(O)cc2O)cc1. The number of benzene rings is 3. The molecule has 1 aromatic heterocycles. The molecule has 4 rings (SSSR count). The van der Waals surface area contributed by atoms with E-state index in [1.165, 1.54) is 29.9 Å². The number of phenolic OH excluding ortho intramolecular Hbond substituents is 2. The van der Waals surface area contributed by atoms with E-state index < -0.39 is 11.9 Å². The first-order valence-electron chi connectivity index (χ1n) is 10.6. The molecule has 4 aromatic rings. The number of rotatable bonds is 8. The number of nitrogens with zero attached hydrogens (tertiary/aromatic N) is 3. The number of carboxylic acid groups (broad SMARTS) is 1. The zero-order valence-corrected chi connectivity index (χ0v) is 18.7. The fraction of sp³-hybridized carbons (Fsp3) is 0.120. The van der Waals surface area contributed by atoms with Gasteiger partial charge in [-0.15, -0.1) is 10.2 Å². The number of ether oxygens (including phenoxy) is 1. The van der Waals surface area contributed by atoms with Crippen molar-refractivity contribution < 1.29 is 29.6 Å². The lowest BCUT2D eigenvalue weighted by Crippen LogP contribution is -2.17. The van der Waals surface area contributed by atoms with Crippen LogP contribution in [-0.4, -0.2) is 49.1 Å². The number of phenols is 2. The van der Waals surface area contributed by atoms with Gasteiger partial charge in [0, 0.05) is 11.8 Å². The first-order chi connectivity index (χ1) is 16.8. The summed E-state index contributed by atoms with van der Waals surface area (Å²) >= 11 is 0. The largest absolute Gasteiger partial charge is 0.508 e. The summed E-state index contributed by atoms with van der Waals surface area (Å²) in [4.78, 5) is 23.1. The van der Waals surface area contributed by atoms with Crippen LogP contribution in [0.15, 0.2) is 60.7 Å². The van der Waals surface area contributed by atoms with Gasteiger partial charge in [0.1, 0.15) is 17.2 Å². The molecule has 0 saturated heterocycles. The zero-order valence-electron chi connectivity index (χ0n) is 18.7. The van der Waals surface area contributed by atoms with E-state index in [1.54, 1.807) is 42.5 Å². The van der Waals surface area contributed by atoms with Gasteiger partial charge >= 0.3 is 5.97 Å². The van der Waals surface area contributed by atoms with Gasteiger partial charge in [-0.3, -0.25) is 9.36 Å². The number of hydrogen-bond acceptors (Lipinski definition) is 7. The number of amides is 1. The minimum atomic E-state index is -1.01. The fourth-order valence-electron chi connectivity index (χ4n) is 3.69. The number of carbonyl (C=O) groups excluding carboxylic acids is 1. The number of aromatic nitrogens is 3. The highest BCUT2D eigenvalue weighted by Crippen LogP contribution is 2.36. The van der Waals surface area contributed by atoms with E-state index in [9.17, 15) is 19.8 Å². The Morgan fingerprint density at radius 3 is 2.23 bits per heavy atom. The van der Waals surface area contributed by atoms with Crippen molar-refractivity contribution >= 4 is 11.9 Å². The Labute approximate surface area is 199 Å². The van der Waals surface area contributed by atoms with Gasteiger partial charge in [0.15, 0.2) is 5.82 Å². The molecule has 0 radical (unpaired) electrons. The molecule has 0 atom stereocenters. The zero-order chi connectivity index (χ0) is 25.1. The van der Waals surface area contributed by atoms with Gasteiger partial charge in [0.05, 0.1) is 18.2 Å². The Kier molecular flexibility index (Phi) is 6.36. The summed E-state index contributed by atoms with van der Waals surface area (Å²) in [6, 6.07) is 16.0. The van der Waals surface area contributed by atoms with Crippen LogP contribution in [0.1, 0.15) is 32.1 Å². The molecule has 0 bridgehead atoms. The number of nitrogens with two attached hydrogens (primary N) is 1. The van der Waals surface area contributed by atoms with Gasteiger partial charge in [0.2, 0.25) is 5.82 Å². The van der Waals surface area contributed by atoms with Gasteiger partial charge in [-0.05, 0) is 66.4 Å². The number of aromatic carboxylic acids is 1. The van der Waals surface area contributed by atoms with Crippen LogP contribution in [0.3, 0.4) is 0 Å². The number of hydrogen-bond donors (Lipinski definition) is 4. The minimum absolute atomic E-state index is 0.112. The molecule has 3 aromatic carbocycles. The molecule has 0 aliphatic heterocycles. The number of carbonyl (C=O) groups is 2. The number of carboxylic acids is 1. The van der Waals surface area contributed by atoms with E-state index in [0.717, 1.165) is 5.56 Å². The highest BCUT2D eigenvalue weighted by molar-refractivity contribution is 5.91. The van der Waals surface area contributed by atoms with Crippen LogP contribution in [0.4, 0.5) is 0 Å². The molecular formula is C25H22N4O6. The fourth-order valence-corrected chi connectivity index (χ4v) is 3.69. The molecular weight excluding hydrogens is 452 g/mol. The Bertz CT molecular complexity index is 1390. The molecule has 5 N–H and O–H groups in total. The lowest BCUT2D eigenvalue weighted by atomic mass is 10.00. The smallest absolute Gasteiger partial charge is 0.335 e. The third-order valence-electron chi connectivity index (χ3n) is 5.54. The third kappa shape index (κ3) is 4.76. The van der Waals surface area contributed by atoms with Crippen molar-refractivity contribution in [1.82, 2.24) is 14.8 Å². The molecule has 0 aliphatic carbocycles. The molecule has 0 saturated carbocycles. The summed E-state index contributed by atoms with van der Waals surface area (Å²) in [5, 5.41) is 38.1. The van der Waals surface area contributed by atoms with Gasteiger partial charge in [-0.25, -0.2) is 4.79 Å². The summed E-state index contributed by atoms with van der Waals surface area (Å²) in [5.41, 5.74) is 7.85. The molecule has 10 nitrogen and oxygen atoms in total. The predicted molar refractivity (Wildman–Crippen MR) is 126 cm³/mol. The number of primary amides is 1. The van der Waals surface area contributed by atoms with Crippen LogP contribution >= 0.6 is 0 Å². The molecule has 0 aliphatic rings. The lowest BCUT2D eigenvalue weighted by molar-refractivity contribution is 0.0696. The van der Waals surface area contributed by atoms with E-state index in [0.29, 0.717) is 29.8 Å². The van der Waals surface area contributed by atoms with Crippen LogP contribution in [0.25, 0.3) is 17.1 Å². The van der Waals surface area contributed by atoms with E-state index in [4.69, 9.17) is 15.6 Å². The van der Waals surface area contributed by atoms with Crippen LogP contribution in [0.2, 0.25) is 0 Å². The van der Waals surface area contributed by atoms with Crippen LogP contribution in [0.5, 0.6) is 17.2 Å². The Morgan fingerprint density at radius 1 is 0.943 bits per heavy atom. The maximum atomic E-state index is 12.0. The molecule has 10 heteroatoms. The van der Waals surface area contributed by atoms with Crippen LogP contribution in [-0.2, 0) is 12.8 Å². The van der Waals surface area contributed by atoms with Gasteiger partial charge in [-0.1, -0.05) is 12.1 Å². The monoisotopic (exact) mass is 474 g/mol. The summed E-state index contributed by atoms with van der Waals surface area (Å²) in [5.74, 6) is -1.53. The highest BCUT2D eigenvalue weighted by Gasteiger charge is 2.22. The molecule has 178 valence electrons. The summed E-state index contributed by atoms with van der Waals surface area (Å²) < 4.78 is 6.60. The van der Waals surface area contributed by atoms with E-state index in [-0.39, 0.29) is 34.3 Å². The Hall–Kier alpha value is -4.86. The first-order valence-corrected chi connectivity index (χ1v) is 10.6. The second-order valence-corrected chi connectivity index (χ2v) is 7.75. The molecule has 1 amide bonds. The second-order valence-electron chi connectivity index (χ2n) is 7.75. The molecule has 0 unspecified atom stereocenters. The van der Waals surface area contributed by atoms with Crippen molar-refractivity contribution in [1.29, 1.82) is 0 Å². The van der Waals surface area contributed by atoms with E-state index in [2.05, 4.69) is 10.2 Å². The van der Waals surface area contributed by atoms with Crippen molar-refractivity contribution in [2.75, 3.05) is 7.11 Å². The van der Waals surface area contributed by atoms with Gasteiger partial charge in [0.25, 0.3) is 5.91 Å². The van der Waals surface area contributed by atoms with Gasteiger partial charge < -0.3 is 25.8 Å². The summed E-state index contributed by atoms with van der Waals surface area (Å²) in [7, 11) is 1.53. The topological polar surface area (TPSA) is 161 Å². The average molecular weight is 474 g/mol. The second kappa shape index (κ2) is 9.56. The first kappa shape index (κ1) is 23.3. The quantitative estimate of drug-likeness (QED) is 0.303. The van der Waals surface area contributed by atoms with Crippen LogP contribution in [0, 0.1) is 0 Å². The predicted octanol–water partition coefficient (Wildman–Crippen LogP) is 2.94. The number of aryl methyl sites for hydroxylation is 2. The van der Waals surface area contributed by atoms with Gasteiger partial charge in [-0.2, -0.15) is 0 Å². The van der Waals surface area contributed by atoms with Crippen molar-refractivity contribution in [3.05, 3.63) is 83.2 Å². The highest BCUT2D eigenvalue weighted by atomic mass is 16.5. The molecule has 0 fully saturated rings. The van der Waals surface area contributed by atoms with E-state index in [1.807, 2.05) is 0 Å². The average Bonchev–Trinajstić information content (AvgIpc) is 3.29. The van der Waals surface area contributed by atoms with Crippen molar-refractivity contribution in [3.63, 3.8) is 0 Å². The third-order valence-corrected chi connectivity index (χ3v) is 5.54. The van der Waals surface area contributed by atoms with E-state index >= 15 is 0 Å². The number of methoxy groups -OCH3 is 1. The lowest BCUT2D eigenvalue weighted by Gasteiger charge is -2.13. The minimum Gasteiger partial charge on any atom is -0.508 e. The Morgan fingerprint density at radius 2 is 1.63 bits per heavy atom. The molecule has 35 heavy (non-hydrogen) atoms. The summed E-state index contributed by atoms with van der Waals surface area (Å²) in [6.07, 6.45) is 0.903. The number of aromatic hydroxyl groups is 2. The van der Waals surface area contributed by atoms with Crippen molar-refractivity contribution in [3.8, 4) is 34.3 Å². The standard InChI is InChI=1S/C25H22N4O6/c1-35-18-10-8-17(9-11-18)29-23(27-28-24(29)22(26)32)19-12-16(20(30)13-21(19)31)7-4-14-2-5-15(6-3-14)25(33)34/h2-3,5-6,8-13,30-31H,4,7H2,1H3,(H2,26,32)(H,33,34). The van der Waals surface area contributed by atoms with Crippen LogP contribution < -0.4 is 10.5 Å². The van der Waals surface area contributed by atoms with Crippen molar-refractivity contribution in [2.45, 2.75) is 12.8 Å². The molecule has 0 spiro atoms. The Balaban J connectivity index is 1.71. The molecule has 1 heterocycles. The normalized spacial score (nSPS) is 10.8. The van der Waals surface area contributed by atoms with Crippen molar-refractivity contribution in [2.24, 2.45) is 5.73 Å². The summed E-state index contributed by atoms with van der Waals surface area (Å²) in [6.45, 7) is 0. The maximum Gasteiger partial charge on any atom is 0.335 e.